The van der Waals surface area contributed by atoms with Gasteiger partial charge in [-0.3, -0.25) is 0 Å². The maximum atomic E-state index is 8.78. The molecule has 5 nitrogen and oxygen atoms in total. The van der Waals surface area contributed by atoms with Crippen molar-refractivity contribution >= 4 is 17.6 Å². The minimum atomic E-state index is 0.0289. The number of oxime groups is 1. The lowest BCUT2D eigenvalue weighted by Gasteiger charge is -2.08. The molecule has 20 heavy (non-hydrogen) atoms. The van der Waals surface area contributed by atoms with E-state index in [-0.39, 0.29) is 5.84 Å². The van der Waals surface area contributed by atoms with Crippen molar-refractivity contribution in [2.24, 2.45) is 10.9 Å². The Kier molecular flexibility index (Phi) is 4.57. The summed E-state index contributed by atoms with van der Waals surface area (Å²) in [6.45, 7) is 4.31. The quantitative estimate of drug-likeness (QED) is 0.391. The number of benzene rings is 1. The van der Waals surface area contributed by atoms with Crippen LogP contribution in [0.5, 0.6) is 0 Å². The van der Waals surface area contributed by atoms with Crippen LogP contribution in [0.1, 0.15) is 30.9 Å². The molecule has 0 aliphatic carbocycles. The molecular formula is C14H16N4OS. The van der Waals surface area contributed by atoms with Gasteiger partial charge in [-0.05, 0) is 29.7 Å². The fraction of sp³-hybridized carbons (Fsp3) is 0.214. The van der Waals surface area contributed by atoms with Crippen LogP contribution in [0.25, 0.3) is 0 Å². The standard InChI is InChI=1S/C14H16N4OS/c1-9(2)10-3-5-11(6-4-10)20-14-12(13(15)18-19)7-8-16-17-14/h3-9,19H,1-2H3,(H2,15,18). The summed E-state index contributed by atoms with van der Waals surface area (Å²) < 4.78 is 0. The first-order chi connectivity index (χ1) is 9.61. The van der Waals surface area contributed by atoms with Crippen LogP contribution in [-0.4, -0.2) is 21.2 Å². The number of aromatic nitrogens is 2. The maximum absolute atomic E-state index is 8.78. The van der Waals surface area contributed by atoms with E-state index in [0.29, 0.717) is 16.5 Å². The second kappa shape index (κ2) is 6.38. The van der Waals surface area contributed by atoms with Crippen molar-refractivity contribution in [2.75, 3.05) is 0 Å². The Morgan fingerprint density at radius 2 is 1.95 bits per heavy atom. The molecule has 1 aromatic heterocycles. The highest BCUT2D eigenvalue weighted by Crippen LogP contribution is 2.29. The lowest BCUT2D eigenvalue weighted by Crippen LogP contribution is -2.15. The molecule has 0 atom stereocenters. The monoisotopic (exact) mass is 288 g/mol. The smallest absolute Gasteiger partial charge is 0.172 e. The van der Waals surface area contributed by atoms with Crippen molar-refractivity contribution in [1.82, 2.24) is 10.2 Å². The Balaban J connectivity index is 2.26. The highest BCUT2D eigenvalue weighted by Gasteiger charge is 2.10. The van der Waals surface area contributed by atoms with Gasteiger partial charge in [-0.15, -0.1) is 5.10 Å². The van der Waals surface area contributed by atoms with Crippen LogP contribution in [0, 0.1) is 0 Å². The van der Waals surface area contributed by atoms with Crippen molar-refractivity contribution in [2.45, 2.75) is 29.7 Å². The van der Waals surface area contributed by atoms with E-state index in [1.165, 1.54) is 23.5 Å². The average molecular weight is 288 g/mol. The highest BCUT2D eigenvalue weighted by atomic mass is 32.2. The van der Waals surface area contributed by atoms with Crippen molar-refractivity contribution < 1.29 is 5.21 Å². The Bertz CT molecular complexity index is 611. The van der Waals surface area contributed by atoms with Gasteiger partial charge in [0.15, 0.2) is 5.84 Å². The minimum Gasteiger partial charge on any atom is -0.409 e. The van der Waals surface area contributed by atoms with Gasteiger partial charge in [0.2, 0.25) is 0 Å². The Hall–Kier alpha value is -2.08. The predicted molar refractivity (Wildman–Crippen MR) is 79.2 cm³/mol. The summed E-state index contributed by atoms with van der Waals surface area (Å²) in [5.41, 5.74) is 7.48. The SMILES string of the molecule is CC(C)c1ccc(Sc2nnccc2/C(N)=N/O)cc1. The summed E-state index contributed by atoms with van der Waals surface area (Å²) in [7, 11) is 0. The number of hydrogen-bond acceptors (Lipinski definition) is 5. The molecule has 0 aliphatic heterocycles. The van der Waals surface area contributed by atoms with E-state index in [1.807, 2.05) is 12.1 Å². The van der Waals surface area contributed by atoms with Crippen molar-refractivity contribution in [3.63, 3.8) is 0 Å². The number of hydrogen-bond donors (Lipinski definition) is 2. The first-order valence-corrected chi connectivity index (χ1v) is 7.01. The van der Waals surface area contributed by atoms with Gasteiger partial charge in [0.05, 0.1) is 11.8 Å². The van der Waals surface area contributed by atoms with E-state index in [0.717, 1.165) is 4.90 Å². The molecular weight excluding hydrogens is 272 g/mol. The van der Waals surface area contributed by atoms with Gasteiger partial charge >= 0.3 is 0 Å². The van der Waals surface area contributed by atoms with E-state index in [2.05, 4.69) is 41.3 Å². The summed E-state index contributed by atoms with van der Waals surface area (Å²) in [5.74, 6) is 0.527. The molecule has 2 aromatic rings. The molecule has 3 N–H and O–H groups in total. The average Bonchev–Trinajstić information content (AvgIpc) is 2.47. The molecule has 0 saturated heterocycles. The Morgan fingerprint density at radius 1 is 1.25 bits per heavy atom. The molecule has 1 aromatic carbocycles. The summed E-state index contributed by atoms with van der Waals surface area (Å²) in [4.78, 5) is 1.03. The van der Waals surface area contributed by atoms with Crippen LogP contribution < -0.4 is 5.73 Å². The molecule has 104 valence electrons. The topological polar surface area (TPSA) is 84.4 Å². The number of nitrogens with zero attached hydrogens (tertiary/aromatic N) is 3. The molecule has 0 unspecified atom stereocenters. The molecule has 0 bridgehead atoms. The minimum absolute atomic E-state index is 0.0289. The highest BCUT2D eigenvalue weighted by molar-refractivity contribution is 7.99. The van der Waals surface area contributed by atoms with E-state index in [1.54, 1.807) is 6.07 Å². The van der Waals surface area contributed by atoms with Gasteiger partial charge in [-0.2, -0.15) is 5.10 Å². The van der Waals surface area contributed by atoms with Gasteiger partial charge in [-0.1, -0.05) is 42.9 Å². The third-order valence-electron chi connectivity index (χ3n) is 2.83. The molecule has 0 radical (unpaired) electrons. The lowest BCUT2D eigenvalue weighted by molar-refractivity contribution is 0.318. The van der Waals surface area contributed by atoms with Gasteiger partial charge < -0.3 is 10.9 Å². The van der Waals surface area contributed by atoms with Crippen LogP contribution in [0.15, 0.2) is 51.6 Å². The van der Waals surface area contributed by atoms with Crippen LogP contribution in [0.3, 0.4) is 0 Å². The van der Waals surface area contributed by atoms with Crippen LogP contribution in [0.2, 0.25) is 0 Å². The molecule has 0 fully saturated rings. The first-order valence-electron chi connectivity index (χ1n) is 6.19. The largest absolute Gasteiger partial charge is 0.409 e. The van der Waals surface area contributed by atoms with Crippen molar-refractivity contribution in [3.05, 3.63) is 47.7 Å². The summed E-state index contributed by atoms with van der Waals surface area (Å²) in [6, 6.07) is 9.92. The van der Waals surface area contributed by atoms with E-state index in [4.69, 9.17) is 10.9 Å². The summed E-state index contributed by atoms with van der Waals surface area (Å²) in [5, 5.41) is 20.3. The van der Waals surface area contributed by atoms with Gasteiger partial charge in [0.1, 0.15) is 5.03 Å². The molecule has 0 aliphatic rings. The second-order valence-electron chi connectivity index (χ2n) is 4.56. The van der Waals surface area contributed by atoms with E-state index >= 15 is 0 Å². The normalized spacial score (nSPS) is 11.8. The zero-order chi connectivity index (χ0) is 14.5. The van der Waals surface area contributed by atoms with E-state index < -0.39 is 0 Å². The summed E-state index contributed by atoms with van der Waals surface area (Å²) in [6.07, 6.45) is 1.51. The Morgan fingerprint density at radius 3 is 2.55 bits per heavy atom. The second-order valence-corrected chi connectivity index (χ2v) is 5.62. The third kappa shape index (κ3) is 3.27. The van der Waals surface area contributed by atoms with Gasteiger partial charge in [-0.25, -0.2) is 0 Å². The maximum Gasteiger partial charge on any atom is 0.172 e. The van der Waals surface area contributed by atoms with E-state index in [9.17, 15) is 0 Å². The molecule has 0 spiro atoms. The van der Waals surface area contributed by atoms with Crippen LogP contribution >= 0.6 is 11.8 Å². The zero-order valence-corrected chi connectivity index (χ0v) is 12.1. The first kappa shape index (κ1) is 14.3. The molecule has 0 saturated carbocycles. The lowest BCUT2D eigenvalue weighted by atomic mass is 10.0. The van der Waals surface area contributed by atoms with Crippen LogP contribution in [-0.2, 0) is 0 Å². The molecule has 1 heterocycles. The molecule has 2 rings (SSSR count). The van der Waals surface area contributed by atoms with Gasteiger partial charge in [0.25, 0.3) is 0 Å². The van der Waals surface area contributed by atoms with Crippen molar-refractivity contribution in [1.29, 1.82) is 0 Å². The Labute approximate surface area is 121 Å². The predicted octanol–water partition coefficient (Wildman–Crippen LogP) is 2.85. The summed E-state index contributed by atoms with van der Waals surface area (Å²) >= 11 is 1.43. The zero-order valence-electron chi connectivity index (χ0n) is 11.3. The fourth-order valence-electron chi connectivity index (χ4n) is 1.68. The van der Waals surface area contributed by atoms with Crippen LogP contribution in [0.4, 0.5) is 0 Å². The van der Waals surface area contributed by atoms with Crippen molar-refractivity contribution in [3.8, 4) is 0 Å². The number of amidine groups is 1. The third-order valence-corrected chi connectivity index (χ3v) is 3.83. The fourth-order valence-corrected chi connectivity index (χ4v) is 2.54. The number of nitrogens with two attached hydrogens (primary N) is 1. The van der Waals surface area contributed by atoms with Gasteiger partial charge in [0, 0.05) is 4.90 Å². The molecule has 6 heteroatoms. The molecule has 0 amide bonds. The number of rotatable bonds is 4.